The van der Waals surface area contributed by atoms with Gasteiger partial charge in [-0.05, 0) is 18.6 Å². The van der Waals surface area contributed by atoms with Crippen molar-refractivity contribution in [2.75, 3.05) is 6.54 Å². The van der Waals surface area contributed by atoms with Crippen LogP contribution in [0.1, 0.15) is 96.8 Å². The van der Waals surface area contributed by atoms with Gasteiger partial charge in [0, 0.05) is 30.9 Å². The van der Waals surface area contributed by atoms with Crippen LogP contribution in [0.5, 0.6) is 0 Å². The molecule has 0 fully saturated rings. The Balaban J connectivity index is 0.00000676. The van der Waals surface area contributed by atoms with Crippen molar-refractivity contribution >= 4 is 28.3 Å². The van der Waals surface area contributed by atoms with Crippen LogP contribution in [0.15, 0.2) is 35.2 Å². The predicted octanol–water partition coefficient (Wildman–Crippen LogP) is 8.13. The van der Waals surface area contributed by atoms with Crippen LogP contribution < -0.4 is 5.32 Å². The molecular weight excluding hydrogens is 420 g/mol. The van der Waals surface area contributed by atoms with Gasteiger partial charge in [-0.1, -0.05) is 133 Å². The Morgan fingerprint density at radius 2 is 1.19 bits per heavy atom. The molecule has 27 heavy (non-hydrogen) atoms. The van der Waals surface area contributed by atoms with E-state index in [0.717, 1.165) is 10.9 Å². The Hall–Kier alpha value is 0.0834. The van der Waals surface area contributed by atoms with Gasteiger partial charge in [0.15, 0.2) is 0 Å². The number of hydrogen-bond donors (Lipinski definition) is 1. The van der Waals surface area contributed by atoms with Crippen LogP contribution in [0.2, 0.25) is 0 Å². The van der Waals surface area contributed by atoms with Crippen molar-refractivity contribution < 1.29 is 19.5 Å². The standard InChI is InChI=1S/C23H39NS2.Zn/c1-2-3-4-5-6-7-8-9-10-11-12-13-14-18-21-24-23(25)26-22-19-16-15-17-20-22;/h15-17,19-20H,2-14,18,21H2,1H3,(H,24,25);. The van der Waals surface area contributed by atoms with Gasteiger partial charge in [-0.2, -0.15) is 0 Å². The zero-order chi connectivity index (χ0) is 18.7. The van der Waals surface area contributed by atoms with Crippen molar-refractivity contribution in [1.29, 1.82) is 0 Å². The summed E-state index contributed by atoms with van der Waals surface area (Å²) in [6.07, 6.45) is 19.7. The Labute approximate surface area is 191 Å². The van der Waals surface area contributed by atoms with Gasteiger partial charge in [-0.15, -0.1) is 0 Å². The Kier molecular flexibility index (Phi) is 20.9. The summed E-state index contributed by atoms with van der Waals surface area (Å²) < 4.78 is 0.894. The Morgan fingerprint density at radius 3 is 1.67 bits per heavy atom. The zero-order valence-corrected chi connectivity index (χ0v) is 22.1. The maximum atomic E-state index is 5.39. The molecule has 0 aliphatic heterocycles. The third-order valence-electron chi connectivity index (χ3n) is 4.75. The summed E-state index contributed by atoms with van der Waals surface area (Å²) >= 11 is 7.04. The Morgan fingerprint density at radius 1 is 0.741 bits per heavy atom. The first kappa shape index (κ1) is 27.1. The smallest absolute Gasteiger partial charge is 0.138 e. The van der Waals surface area contributed by atoms with Crippen LogP contribution in [0.25, 0.3) is 0 Å². The van der Waals surface area contributed by atoms with E-state index >= 15 is 0 Å². The average Bonchev–Trinajstić information content (AvgIpc) is 2.65. The third kappa shape index (κ3) is 17.9. The second-order valence-corrected chi connectivity index (χ2v) is 8.98. The maximum Gasteiger partial charge on any atom is 0.138 e. The predicted molar refractivity (Wildman–Crippen MR) is 123 cm³/mol. The second-order valence-electron chi connectivity index (χ2n) is 7.23. The minimum Gasteiger partial charge on any atom is -0.371 e. The number of nitrogens with one attached hydrogen (secondary N) is 1. The van der Waals surface area contributed by atoms with Crippen molar-refractivity contribution in [1.82, 2.24) is 5.32 Å². The van der Waals surface area contributed by atoms with Crippen LogP contribution in [-0.4, -0.2) is 10.9 Å². The molecule has 1 N–H and O–H groups in total. The molecule has 0 aliphatic rings. The summed E-state index contributed by atoms with van der Waals surface area (Å²) in [6.45, 7) is 3.30. The molecule has 0 unspecified atom stereocenters. The Bertz CT molecular complexity index is 439. The first-order chi connectivity index (χ1) is 12.8. The zero-order valence-electron chi connectivity index (χ0n) is 17.5. The molecule has 0 saturated heterocycles. The molecule has 150 valence electrons. The molecule has 0 bridgehead atoms. The van der Waals surface area contributed by atoms with Crippen molar-refractivity contribution in [3.63, 3.8) is 0 Å². The van der Waals surface area contributed by atoms with Gasteiger partial charge in [0.25, 0.3) is 0 Å². The first-order valence-corrected chi connectivity index (χ1v) is 12.1. The molecule has 0 saturated carbocycles. The van der Waals surface area contributed by atoms with Crippen molar-refractivity contribution in [3.05, 3.63) is 30.3 Å². The molecule has 0 radical (unpaired) electrons. The van der Waals surface area contributed by atoms with E-state index in [1.807, 2.05) is 6.07 Å². The molecule has 0 spiro atoms. The maximum absolute atomic E-state index is 5.39. The van der Waals surface area contributed by atoms with Gasteiger partial charge >= 0.3 is 0 Å². The number of unbranched alkanes of at least 4 members (excludes halogenated alkanes) is 13. The largest absolute Gasteiger partial charge is 0.371 e. The van der Waals surface area contributed by atoms with Gasteiger partial charge < -0.3 is 5.32 Å². The third-order valence-corrected chi connectivity index (χ3v) is 5.99. The van der Waals surface area contributed by atoms with Gasteiger partial charge in [0.1, 0.15) is 4.32 Å². The number of thiocarbonyl (C=S) groups is 1. The fourth-order valence-electron chi connectivity index (χ4n) is 3.14. The van der Waals surface area contributed by atoms with E-state index in [9.17, 15) is 0 Å². The number of benzene rings is 1. The summed E-state index contributed by atoms with van der Waals surface area (Å²) in [7, 11) is 0. The topological polar surface area (TPSA) is 12.0 Å². The summed E-state index contributed by atoms with van der Waals surface area (Å²) in [6, 6.07) is 10.3. The summed E-state index contributed by atoms with van der Waals surface area (Å²) in [5, 5.41) is 3.37. The normalized spacial score (nSPS) is 10.4. The summed E-state index contributed by atoms with van der Waals surface area (Å²) in [5.41, 5.74) is 0. The van der Waals surface area contributed by atoms with E-state index in [2.05, 4.69) is 36.5 Å². The number of rotatable bonds is 16. The monoisotopic (exact) mass is 457 g/mol. The van der Waals surface area contributed by atoms with Crippen LogP contribution in [0, 0.1) is 0 Å². The molecule has 0 aliphatic carbocycles. The fourth-order valence-corrected chi connectivity index (χ4v) is 4.21. The molecule has 0 atom stereocenters. The SMILES string of the molecule is CCCCCCCCCCCCCCCCNC(=S)Sc1ccccc1.[Zn]. The van der Waals surface area contributed by atoms with E-state index < -0.39 is 0 Å². The van der Waals surface area contributed by atoms with Gasteiger partial charge in [-0.25, -0.2) is 0 Å². The van der Waals surface area contributed by atoms with E-state index in [1.54, 1.807) is 11.8 Å². The second kappa shape index (κ2) is 20.8. The molecule has 0 aromatic heterocycles. The van der Waals surface area contributed by atoms with E-state index in [-0.39, 0.29) is 19.5 Å². The van der Waals surface area contributed by atoms with Crippen molar-refractivity contribution in [2.45, 2.75) is 102 Å². The van der Waals surface area contributed by atoms with E-state index in [4.69, 9.17) is 12.2 Å². The van der Waals surface area contributed by atoms with Crippen LogP contribution in [0.3, 0.4) is 0 Å². The molecular formula is C23H39NS2Zn. The van der Waals surface area contributed by atoms with Crippen LogP contribution in [0.4, 0.5) is 0 Å². The van der Waals surface area contributed by atoms with Gasteiger partial charge in [-0.3, -0.25) is 0 Å². The summed E-state index contributed by atoms with van der Waals surface area (Å²) in [4.78, 5) is 1.21. The molecule has 0 amide bonds. The van der Waals surface area contributed by atoms with Crippen molar-refractivity contribution in [3.8, 4) is 0 Å². The average molecular weight is 459 g/mol. The molecule has 1 aromatic carbocycles. The van der Waals surface area contributed by atoms with Crippen LogP contribution in [-0.2, 0) is 19.5 Å². The van der Waals surface area contributed by atoms with Crippen molar-refractivity contribution in [2.24, 2.45) is 0 Å². The van der Waals surface area contributed by atoms with Crippen LogP contribution >= 0.6 is 24.0 Å². The number of hydrogen-bond acceptors (Lipinski definition) is 2. The van der Waals surface area contributed by atoms with Gasteiger partial charge in [0.2, 0.25) is 0 Å². The minimum atomic E-state index is 0. The van der Waals surface area contributed by atoms with E-state index in [0.29, 0.717) is 0 Å². The fraction of sp³-hybridized carbons (Fsp3) is 0.696. The molecule has 1 rings (SSSR count). The van der Waals surface area contributed by atoms with E-state index in [1.165, 1.54) is 94.8 Å². The molecule has 0 heterocycles. The first-order valence-electron chi connectivity index (χ1n) is 10.8. The molecule has 1 aromatic rings. The number of thioether (sulfide) groups is 1. The minimum absolute atomic E-state index is 0. The molecule has 4 heteroatoms. The van der Waals surface area contributed by atoms with Gasteiger partial charge in [0.05, 0.1) is 0 Å². The molecule has 1 nitrogen and oxygen atoms in total. The summed E-state index contributed by atoms with van der Waals surface area (Å²) in [5.74, 6) is 0. The quantitative estimate of drug-likeness (QED) is 0.116.